The maximum absolute atomic E-state index is 12.4. The lowest BCUT2D eigenvalue weighted by Gasteiger charge is -2.30. The molecule has 0 aliphatic carbocycles. The van der Waals surface area contributed by atoms with Crippen LogP contribution in [0.4, 0.5) is 0 Å². The van der Waals surface area contributed by atoms with Crippen molar-refractivity contribution in [3.8, 4) is 11.5 Å². The summed E-state index contributed by atoms with van der Waals surface area (Å²) in [5.41, 5.74) is 0. The molecule has 2 heterocycles. The molecule has 0 unspecified atom stereocenters. The number of ether oxygens (including phenoxy) is 4. The molecule has 2 aliphatic heterocycles. The first kappa shape index (κ1) is 17.0. The Hall–Kier alpha value is -1.79. The minimum Gasteiger partial charge on any atom is -0.486 e. The van der Waals surface area contributed by atoms with Gasteiger partial charge in [-0.3, -0.25) is 4.79 Å². The van der Waals surface area contributed by atoms with E-state index in [0.717, 1.165) is 30.9 Å². The van der Waals surface area contributed by atoms with E-state index >= 15 is 0 Å². The Morgan fingerprint density at radius 1 is 1.33 bits per heavy atom. The second-order valence-electron chi connectivity index (χ2n) is 6.33. The predicted molar refractivity (Wildman–Crippen MR) is 88.4 cm³/mol. The van der Waals surface area contributed by atoms with Gasteiger partial charge >= 0.3 is 0 Å². The van der Waals surface area contributed by atoms with Crippen LogP contribution in [0.3, 0.4) is 0 Å². The number of para-hydroxylation sites is 2. The summed E-state index contributed by atoms with van der Waals surface area (Å²) in [4.78, 5) is 14.1. The molecule has 3 atom stereocenters. The Morgan fingerprint density at radius 2 is 2.12 bits per heavy atom. The molecule has 3 rings (SSSR count). The standard InChI is InChI=1S/C18H25NO5/c1-13(22-11-14-6-5-9-21-14)18(20)19(2)10-15-12-23-16-7-3-4-8-17(16)24-15/h3-4,7-8,13-15H,5-6,9-12H2,1-2H3/t13-,14+,15+/m0/s1. The maximum Gasteiger partial charge on any atom is 0.251 e. The number of benzene rings is 1. The molecule has 1 saturated heterocycles. The quantitative estimate of drug-likeness (QED) is 0.794. The molecule has 132 valence electrons. The zero-order valence-corrected chi connectivity index (χ0v) is 14.3. The second-order valence-corrected chi connectivity index (χ2v) is 6.33. The van der Waals surface area contributed by atoms with E-state index in [4.69, 9.17) is 18.9 Å². The molecule has 6 heteroatoms. The van der Waals surface area contributed by atoms with Gasteiger partial charge in [0, 0.05) is 13.7 Å². The van der Waals surface area contributed by atoms with E-state index in [1.54, 1.807) is 18.9 Å². The van der Waals surface area contributed by atoms with Gasteiger partial charge in [-0.1, -0.05) is 12.1 Å². The maximum atomic E-state index is 12.4. The lowest BCUT2D eigenvalue weighted by molar-refractivity contribution is -0.144. The van der Waals surface area contributed by atoms with Gasteiger partial charge in [0.2, 0.25) is 0 Å². The molecule has 0 aromatic heterocycles. The summed E-state index contributed by atoms with van der Waals surface area (Å²) in [6.45, 7) is 3.93. The molecule has 0 spiro atoms. The largest absolute Gasteiger partial charge is 0.486 e. The topological polar surface area (TPSA) is 57.2 Å². The molecule has 0 radical (unpaired) electrons. The lowest BCUT2D eigenvalue weighted by atomic mass is 10.2. The highest BCUT2D eigenvalue weighted by Crippen LogP contribution is 2.31. The average Bonchev–Trinajstić information content (AvgIpc) is 3.12. The summed E-state index contributed by atoms with van der Waals surface area (Å²) in [6, 6.07) is 7.56. The van der Waals surface area contributed by atoms with Crippen LogP contribution in [0.5, 0.6) is 11.5 Å². The lowest BCUT2D eigenvalue weighted by Crippen LogP contribution is -2.45. The Kier molecular flexibility index (Phi) is 5.58. The molecular weight excluding hydrogens is 310 g/mol. The van der Waals surface area contributed by atoms with Crippen LogP contribution in [0.2, 0.25) is 0 Å². The van der Waals surface area contributed by atoms with Gasteiger partial charge in [0.25, 0.3) is 5.91 Å². The van der Waals surface area contributed by atoms with E-state index in [-0.39, 0.29) is 18.1 Å². The molecule has 24 heavy (non-hydrogen) atoms. The van der Waals surface area contributed by atoms with Gasteiger partial charge in [0.15, 0.2) is 17.6 Å². The number of rotatable bonds is 6. The van der Waals surface area contributed by atoms with E-state index in [2.05, 4.69) is 0 Å². The number of hydrogen-bond acceptors (Lipinski definition) is 5. The van der Waals surface area contributed by atoms with E-state index in [1.807, 2.05) is 24.3 Å². The Bertz CT molecular complexity index is 558. The van der Waals surface area contributed by atoms with Gasteiger partial charge in [0.05, 0.1) is 19.3 Å². The number of hydrogen-bond donors (Lipinski definition) is 0. The first-order valence-electron chi connectivity index (χ1n) is 8.50. The molecule has 1 fully saturated rings. The van der Waals surface area contributed by atoms with Gasteiger partial charge in [-0.2, -0.15) is 0 Å². The fraction of sp³-hybridized carbons (Fsp3) is 0.611. The number of amides is 1. The molecule has 2 aliphatic rings. The summed E-state index contributed by atoms with van der Waals surface area (Å²) in [5, 5.41) is 0. The minimum absolute atomic E-state index is 0.0598. The van der Waals surface area contributed by atoms with Crippen molar-refractivity contribution < 1.29 is 23.7 Å². The van der Waals surface area contributed by atoms with Crippen LogP contribution < -0.4 is 9.47 Å². The smallest absolute Gasteiger partial charge is 0.251 e. The average molecular weight is 335 g/mol. The monoisotopic (exact) mass is 335 g/mol. The summed E-state index contributed by atoms with van der Waals surface area (Å²) in [7, 11) is 1.76. The Labute approximate surface area is 142 Å². The zero-order chi connectivity index (χ0) is 16.9. The normalized spacial score (nSPS) is 23.8. The molecule has 0 N–H and O–H groups in total. The van der Waals surface area contributed by atoms with Crippen LogP contribution in [0.25, 0.3) is 0 Å². The van der Waals surface area contributed by atoms with E-state index in [0.29, 0.717) is 19.8 Å². The van der Waals surface area contributed by atoms with Gasteiger partial charge in [0.1, 0.15) is 12.7 Å². The summed E-state index contributed by atoms with van der Waals surface area (Å²) in [6.07, 6.45) is 1.52. The highest BCUT2D eigenvalue weighted by molar-refractivity contribution is 5.80. The van der Waals surface area contributed by atoms with Crippen LogP contribution in [0.1, 0.15) is 19.8 Å². The summed E-state index contributed by atoms with van der Waals surface area (Å²) >= 11 is 0. The SMILES string of the molecule is C[C@H](OC[C@H]1CCCO1)C(=O)N(C)C[C@@H]1COc2ccccc2O1. The second kappa shape index (κ2) is 7.85. The van der Waals surface area contributed by atoms with Crippen molar-refractivity contribution in [1.29, 1.82) is 0 Å². The van der Waals surface area contributed by atoms with Crippen molar-refractivity contribution in [3.63, 3.8) is 0 Å². The van der Waals surface area contributed by atoms with Crippen molar-refractivity contribution in [2.45, 2.75) is 38.1 Å². The third-order valence-electron chi connectivity index (χ3n) is 4.33. The molecule has 0 saturated carbocycles. The fourth-order valence-corrected chi connectivity index (χ4v) is 2.96. The zero-order valence-electron chi connectivity index (χ0n) is 14.3. The first-order chi connectivity index (χ1) is 11.6. The molecule has 6 nitrogen and oxygen atoms in total. The van der Waals surface area contributed by atoms with Crippen molar-refractivity contribution in [1.82, 2.24) is 4.90 Å². The van der Waals surface area contributed by atoms with Gasteiger partial charge in [-0.25, -0.2) is 0 Å². The van der Waals surface area contributed by atoms with E-state index in [1.165, 1.54) is 0 Å². The van der Waals surface area contributed by atoms with Crippen LogP contribution >= 0.6 is 0 Å². The van der Waals surface area contributed by atoms with Crippen molar-refractivity contribution in [3.05, 3.63) is 24.3 Å². The number of carbonyl (C=O) groups is 1. The Balaban J connectivity index is 1.45. The highest BCUT2D eigenvalue weighted by Gasteiger charge is 2.27. The molecule has 1 aromatic carbocycles. The van der Waals surface area contributed by atoms with Crippen LogP contribution in [0, 0.1) is 0 Å². The van der Waals surface area contributed by atoms with Gasteiger partial charge < -0.3 is 23.8 Å². The predicted octanol–water partition coefficient (Wildman–Crippen LogP) is 1.87. The van der Waals surface area contributed by atoms with Crippen molar-refractivity contribution >= 4 is 5.91 Å². The van der Waals surface area contributed by atoms with Crippen LogP contribution in [0.15, 0.2) is 24.3 Å². The first-order valence-corrected chi connectivity index (χ1v) is 8.50. The van der Waals surface area contributed by atoms with Gasteiger partial charge in [-0.15, -0.1) is 0 Å². The number of fused-ring (bicyclic) bond motifs is 1. The van der Waals surface area contributed by atoms with E-state index < -0.39 is 6.10 Å². The van der Waals surface area contributed by atoms with E-state index in [9.17, 15) is 4.79 Å². The number of likely N-dealkylation sites (N-methyl/N-ethyl adjacent to an activating group) is 1. The summed E-state index contributed by atoms with van der Waals surface area (Å²) < 4.78 is 22.8. The third-order valence-corrected chi connectivity index (χ3v) is 4.33. The molecule has 1 amide bonds. The van der Waals surface area contributed by atoms with Crippen LogP contribution in [-0.2, 0) is 14.3 Å². The fourth-order valence-electron chi connectivity index (χ4n) is 2.96. The van der Waals surface area contributed by atoms with Crippen LogP contribution in [-0.4, -0.2) is 62.5 Å². The highest BCUT2D eigenvalue weighted by atomic mass is 16.6. The summed E-state index contributed by atoms with van der Waals surface area (Å²) in [5.74, 6) is 1.41. The molecular formula is C18H25NO5. The molecule has 0 bridgehead atoms. The Morgan fingerprint density at radius 3 is 2.88 bits per heavy atom. The van der Waals surface area contributed by atoms with Gasteiger partial charge in [-0.05, 0) is 31.9 Å². The number of carbonyl (C=O) groups excluding carboxylic acids is 1. The molecule has 1 aromatic rings. The van der Waals surface area contributed by atoms with Crippen molar-refractivity contribution in [2.75, 3.05) is 33.4 Å². The number of nitrogens with zero attached hydrogens (tertiary/aromatic N) is 1. The van der Waals surface area contributed by atoms with Crippen molar-refractivity contribution in [2.24, 2.45) is 0 Å². The third kappa shape index (κ3) is 4.19. The minimum atomic E-state index is -0.490.